The quantitative estimate of drug-likeness (QED) is 0.615. The number of hydrogen-bond acceptors (Lipinski definition) is 1. The molecule has 100 valence electrons. The molecule has 1 aliphatic carbocycles. The topological polar surface area (TPSA) is 9.23 Å². The van der Waals surface area contributed by atoms with Crippen LogP contribution in [0.1, 0.15) is 63.9 Å². The lowest BCUT2D eigenvalue weighted by Crippen LogP contribution is -2.02. The van der Waals surface area contributed by atoms with Gasteiger partial charge in [0.2, 0.25) is 0 Å². The largest absolute Gasteiger partial charge is 0.493 e. The molecule has 0 spiro atoms. The van der Waals surface area contributed by atoms with Crippen LogP contribution in [-0.4, -0.2) is 6.61 Å². The Bertz CT molecular complexity index is 348. The minimum Gasteiger partial charge on any atom is -0.493 e. The minimum atomic E-state index is 0.712. The van der Waals surface area contributed by atoms with Gasteiger partial charge < -0.3 is 4.74 Å². The molecule has 1 saturated carbocycles. The van der Waals surface area contributed by atoms with Gasteiger partial charge in [-0.25, -0.2) is 0 Å². The molecule has 2 rings (SSSR count). The van der Waals surface area contributed by atoms with Crippen molar-refractivity contribution in [1.29, 1.82) is 0 Å². The highest BCUT2D eigenvalue weighted by Gasteiger charge is 2.22. The van der Waals surface area contributed by atoms with Crippen molar-refractivity contribution in [3.8, 4) is 5.75 Å². The molecule has 0 atom stereocenters. The zero-order chi connectivity index (χ0) is 12.8. The zero-order valence-corrected chi connectivity index (χ0v) is 11.8. The van der Waals surface area contributed by atoms with E-state index in [1.807, 2.05) is 0 Å². The summed E-state index contributed by atoms with van der Waals surface area (Å²) in [6, 6.07) is 8.77. The van der Waals surface area contributed by atoms with Gasteiger partial charge in [0, 0.05) is 0 Å². The predicted molar refractivity (Wildman–Crippen MR) is 77.2 cm³/mol. The number of ether oxygens (including phenoxy) is 1. The van der Waals surface area contributed by atoms with Crippen LogP contribution >= 0.6 is 0 Å². The van der Waals surface area contributed by atoms with Gasteiger partial charge in [-0.15, -0.1) is 0 Å². The standard InChI is InChI=1S/C17H26O/c1-3-6-15(7-4-2)16-8-5-9-17(12-16)18-13-14-10-11-14/h5,8-9,12,14-15H,3-4,6-7,10-11,13H2,1-2H3. The fourth-order valence-electron chi connectivity index (χ4n) is 2.53. The molecule has 0 unspecified atom stereocenters. The van der Waals surface area contributed by atoms with E-state index >= 15 is 0 Å². The summed E-state index contributed by atoms with van der Waals surface area (Å²) in [5, 5.41) is 0. The third-order valence-corrected chi connectivity index (χ3v) is 3.79. The third kappa shape index (κ3) is 4.04. The summed E-state index contributed by atoms with van der Waals surface area (Å²) in [5.74, 6) is 2.61. The maximum atomic E-state index is 5.88. The maximum absolute atomic E-state index is 5.88. The molecule has 0 aliphatic heterocycles. The summed E-state index contributed by atoms with van der Waals surface area (Å²) < 4.78 is 5.88. The second-order valence-electron chi connectivity index (χ2n) is 5.60. The molecule has 0 N–H and O–H groups in total. The Labute approximate surface area is 112 Å². The first kappa shape index (κ1) is 13.5. The molecule has 0 radical (unpaired) electrons. The van der Waals surface area contributed by atoms with Gasteiger partial charge in [-0.1, -0.05) is 38.8 Å². The van der Waals surface area contributed by atoms with Crippen LogP contribution in [0, 0.1) is 5.92 Å². The third-order valence-electron chi connectivity index (χ3n) is 3.79. The van der Waals surface area contributed by atoms with E-state index in [4.69, 9.17) is 4.74 Å². The smallest absolute Gasteiger partial charge is 0.119 e. The van der Waals surface area contributed by atoms with Crippen LogP contribution in [0.25, 0.3) is 0 Å². The molecular weight excluding hydrogens is 220 g/mol. The van der Waals surface area contributed by atoms with Gasteiger partial charge in [0.05, 0.1) is 6.61 Å². The van der Waals surface area contributed by atoms with E-state index in [0.29, 0.717) is 5.92 Å². The monoisotopic (exact) mass is 246 g/mol. The van der Waals surface area contributed by atoms with Crippen LogP contribution in [-0.2, 0) is 0 Å². The lowest BCUT2D eigenvalue weighted by molar-refractivity contribution is 0.299. The van der Waals surface area contributed by atoms with Gasteiger partial charge in [-0.2, -0.15) is 0 Å². The van der Waals surface area contributed by atoms with Crippen LogP contribution in [0.4, 0.5) is 0 Å². The van der Waals surface area contributed by atoms with Crippen molar-refractivity contribution in [2.75, 3.05) is 6.61 Å². The Morgan fingerprint density at radius 1 is 1.17 bits per heavy atom. The molecule has 1 nitrogen and oxygen atoms in total. The van der Waals surface area contributed by atoms with Crippen molar-refractivity contribution in [3.63, 3.8) is 0 Å². The van der Waals surface area contributed by atoms with Crippen LogP contribution in [0.5, 0.6) is 5.75 Å². The summed E-state index contributed by atoms with van der Waals surface area (Å²) in [6.45, 7) is 5.46. The molecule has 0 heterocycles. The minimum absolute atomic E-state index is 0.712. The Morgan fingerprint density at radius 2 is 1.89 bits per heavy atom. The van der Waals surface area contributed by atoms with Crippen molar-refractivity contribution in [3.05, 3.63) is 29.8 Å². The van der Waals surface area contributed by atoms with Crippen LogP contribution in [0.15, 0.2) is 24.3 Å². The number of hydrogen-bond donors (Lipinski definition) is 0. The summed E-state index contributed by atoms with van der Waals surface area (Å²) in [7, 11) is 0. The first-order chi connectivity index (χ1) is 8.83. The Morgan fingerprint density at radius 3 is 2.50 bits per heavy atom. The molecule has 0 aromatic heterocycles. The van der Waals surface area contributed by atoms with E-state index < -0.39 is 0 Å². The van der Waals surface area contributed by atoms with Gasteiger partial charge in [0.25, 0.3) is 0 Å². The van der Waals surface area contributed by atoms with E-state index in [-0.39, 0.29) is 0 Å². The van der Waals surface area contributed by atoms with Crippen LogP contribution in [0.3, 0.4) is 0 Å². The van der Waals surface area contributed by atoms with E-state index in [9.17, 15) is 0 Å². The number of benzene rings is 1. The molecule has 1 aliphatic rings. The predicted octanol–water partition coefficient (Wildman–Crippen LogP) is 5.16. The molecule has 1 aromatic carbocycles. The van der Waals surface area contributed by atoms with E-state index in [2.05, 4.69) is 38.1 Å². The summed E-state index contributed by atoms with van der Waals surface area (Å²) in [4.78, 5) is 0. The van der Waals surface area contributed by atoms with Crippen LogP contribution in [0.2, 0.25) is 0 Å². The normalized spacial score (nSPS) is 15.1. The fourth-order valence-corrected chi connectivity index (χ4v) is 2.53. The van der Waals surface area contributed by atoms with Gasteiger partial charge in [-0.05, 0) is 55.2 Å². The van der Waals surface area contributed by atoms with Crippen molar-refractivity contribution in [1.82, 2.24) is 0 Å². The summed E-state index contributed by atoms with van der Waals surface area (Å²) >= 11 is 0. The Hall–Kier alpha value is -0.980. The second-order valence-corrected chi connectivity index (χ2v) is 5.60. The van der Waals surface area contributed by atoms with E-state index in [1.54, 1.807) is 0 Å². The molecule has 1 heteroatoms. The highest BCUT2D eigenvalue weighted by molar-refractivity contribution is 5.31. The lowest BCUT2D eigenvalue weighted by Gasteiger charge is -2.17. The molecule has 1 fully saturated rings. The molecular formula is C17H26O. The average Bonchev–Trinajstić information content (AvgIpc) is 3.21. The van der Waals surface area contributed by atoms with Crippen molar-refractivity contribution < 1.29 is 4.74 Å². The molecule has 18 heavy (non-hydrogen) atoms. The molecule has 0 saturated heterocycles. The van der Waals surface area contributed by atoms with E-state index in [1.165, 1.54) is 44.1 Å². The van der Waals surface area contributed by atoms with Crippen molar-refractivity contribution >= 4 is 0 Å². The number of rotatable bonds is 8. The first-order valence-electron chi connectivity index (χ1n) is 7.56. The zero-order valence-electron chi connectivity index (χ0n) is 11.8. The highest BCUT2D eigenvalue weighted by Crippen LogP contribution is 2.31. The fraction of sp³-hybridized carbons (Fsp3) is 0.647. The van der Waals surface area contributed by atoms with Gasteiger partial charge in [-0.3, -0.25) is 0 Å². The summed E-state index contributed by atoms with van der Waals surface area (Å²) in [6.07, 6.45) is 7.82. The maximum Gasteiger partial charge on any atom is 0.119 e. The second kappa shape index (κ2) is 6.82. The van der Waals surface area contributed by atoms with Gasteiger partial charge in [0.1, 0.15) is 5.75 Å². The molecule has 0 amide bonds. The highest BCUT2D eigenvalue weighted by atomic mass is 16.5. The molecule has 0 bridgehead atoms. The molecule has 1 aromatic rings. The van der Waals surface area contributed by atoms with Gasteiger partial charge in [0.15, 0.2) is 0 Å². The van der Waals surface area contributed by atoms with Gasteiger partial charge >= 0.3 is 0 Å². The Kier molecular flexibility index (Phi) is 5.10. The van der Waals surface area contributed by atoms with E-state index in [0.717, 1.165) is 18.3 Å². The SMILES string of the molecule is CCCC(CCC)c1cccc(OCC2CC2)c1. The first-order valence-corrected chi connectivity index (χ1v) is 7.56. The lowest BCUT2D eigenvalue weighted by atomic mass is 9.90. The summed E-state index contributed by atoms with van der Waals surface area (Å²) in [5.41, 5.74) is 1.46. The average molecular weight is 246 g/mol. The van der Waals surface area contributed by atoms with Crippen LogP contribution < -0.4 is 4.74 Å². The van der Waals surface area contributed by atoms with Crippen molar-refractivity contribution in [2.45, 2.75) is 58.3 Å². The Balaban J connectivity index is 1.98. The van der Waals surface area contributed by atoms with Crippen molar-refractivity contribution in [2.24, 2.45) is 5.92 Å².